The van der Waals surface area contributed by atoms with Gasteiger partial charge in [-0.1, -0.05) is 13.3 Å². The van der Waals surface area contributed by atoms with Crippen LogP contribution in [0, 0.1) is 5.82 Å². The number of halogens is 1. The van der Waals surface area contributed by atoms with Crippen molar-refractivity contribution >= 4 is 11.6 Å². The van der Waals surface area contributed by atoms with Gasteiger partial charge in [0.25, 0.3) is 5.91 Å². The minimum Gasteiger partial charge on any atom is -0.398 e. The lowest BCUT2D eigenvalue weighted by Gasteiger charge is -2.23. The number of nitrogens with zero attached hydrogens (tertiary/aromatic N) is 1. The zero-order valence-electron chi connectivity index (χ0n) is 10.7. The molecule has 18 heavy (non-hydrogen) atoms. The summed E-state index contributed by atoms with van der Waals surface area (Å²) in [6.45, 7) is 2.82. The van der Waals surface area contributed by atoms with Gasteiger partial charge in [-0.25, -0.2) is 4.39 Å². The van der Waals surface area contributed by atoms with E-state index in [0.29, 0.717) is 11.7 Å². The van der Waals surface area contributed by atoms with Gasteiger partial charge in [0.05, 0.1) is 5.56 Å². The zero-order valence-corrected chi connectivity index (χ0v) is 10.7. The standard InChI is InChI=1S/C14H19FN2O/c1-2-3-8-17(11-5-6-11)14(18)12-9-10(15)4-7-13(12)16/h4,7,9,11H,2-3,5-6,8,16H2,1H3. The fraction of sp³-hybridized carbons (Fsp3) is 0.500. The van der Waals surface area contributed by atoms with Crippen LogP contribution in [-0.4, -0.2) is 23.4 Å². The summed E-state index contributed by atoms with van der Waals surface area (Å²) in [6, 6.07) is 4.29. The molecule has 0 bridgehead atoms. The monoisotopic (exact) mass is 250 g/mol. The molecule has 0 heterocycles. The maximum atomic E-state index is 13.2. The summed E-state index contributed by atoms with van der Waals surface area (Å²) in [6.07, 6.45) is 4.10. The molecule has 1 aliphatic carbocycles. The van der Waals surface area contributed by atoms with Gasteiger partial charge in [-0.2, -0.15) is 0 Å². The second-order valence-corrected chi connectivity index (χ2v) is 4.81. The highest BCUT2D eigenvalue weighted by atomic mass is 19.1. The Kier molecular flexibility index (Phi) is 3.84. The molecule has 0 aliphatic heterocycles. The minimum absolute atomic E-state index is 0.136. The minimum atomic E-state index is -0.418. The summed E-state index contributed by atoms with van der Waals surface area (Å²) < 4.78 is 13.2. The lowest BCUT2D eigenvalue weighted by atomic mass is 10.1. The molecule has 1 saturated carbocycles. The van der Waals surface area contributed by atoms with E-state index >= 15 is 0 Å². The maximum absolute atomic E-state index is 13.2. The summed E-state index contributed by atoms with van der Waals surface area (Å²) >= 11 is 0. The predicted octanol–water partition coefficient (Wildman–Crippen LogP) is 2.81. The normalized spacial score (nSPS) is 14.6. The molecule has 0 atom stereocenters. The van der Waals surface area contributed by atoms with E-state index in [0.717, 1.165) is 32.2 Å². The van der Waals surface area contributed by atoms with Gasteiger partial charge < -0.3 is 10.6 Å². The maximum Gasteiger partial charge on any atom is 0.256 e. The number of amides is 1. The van der Waals surface area contributed by atoms with Gasteiger partial charge in [-0.05, 0) is 37.5 Å². The van der Waals surface area contributed by atoms with Crippen LogP contribution in [0.15, 0.2) is 18.2 Å². The Morgan fingerprint density at radius 3 is 2.83 bits per heavy atom. The van der Waals surface area contributed by atoms with E-state index in [2.05, 4.69) is 6.92 Å². The van der Waals surface area contributed by atoms with Crippen molar-refractivity contribution in [1.29, 1.82) is 0 Å². The van der Waals surface area contributed by atoms with Crippen LogP contribution in [0.3, 0.4) is 0 Å². The topological polar surface area (TPSA) is 46.3 Å². The number of nitrogens with two attached hydrogens (primary N) is 1. The lowest BCUT2D eigenvalue weighted by Crippen LogP contribution is -2.34. The van der Waals surface area contributed by atoms with Crippen molar-refractivity contribution in [3.8, 4) is 0 Å². The Hall–Kier alpha value is -1.58. The first kappa shape index (κ1) is 12.9. The van der Waals surface area contributed by atoms with Crippen LogP contribution in [0.1, 0.15) is 43.0 Å². The zero-order chi connectivity index (χ0) is 13.1. The third kappa shape index (κ3) is 2.81. The molecule has 1 amide bonds. The summed E-state index contributed by atoms with van der Waals surface area (Å²) in [7, 11) is 0. The first-order valence-electron chi connectivity index (χ1n) is 6.49. The van der Waals surface area contributed by atoms with Gasteiger partial charge in [0, 0.05) is 18.3 Å². The summed E-state index contributed by atoms with van der Waals surface area (Å²) in [4.78, 5) is 14.2. The van der Waals surface area contributed by atoms with Crippen molar-refractivity contribution in [2.24, 2.45) is 0 Å². The number of rotatable bonds is 5. The third-order valence-electron chi connectivity index (χ3n) is 3.25. The number of hydrogen-bond donors (Lipinski definition) is 1. The highest BCUT2D eigenvalue weighted by Gasteiger charge is 2.33. The second kappa shape index (κ2) is 5.38. The van der Waals surface area contributed by atoms with E-state index < -0.39 is 5.82 Å². The van der Waals surface area contributed by atoms with E-state index in [4.69, 9.17) is 5.73 Å². The van der Waals surface area contributed by atoms with Crippen molar-refractivity contribution in [3.63, 3.8) is 0 Å². The smallest absolute Gasteiger partial charge is 0.256 e. The van der Waals surface area contributed by atoms with Crippen molar-refractivity contribution in [2.45, 2.75) is 38.6 Å². The highest BCUT2D eigenvalue weighted by Crippen LogP contribution is 2.29. The second-order valence-electron chi connectivity index (χ2n) is 4.81. The SMILES string of the molecule is CCCCN(C(=O)c1cc(F)ccc1N)C1CC1. The Bertz CT molecular complexity index is 443. The van der Waals surface area contributed by atoms with Crippen LogP contribution in [0.5, 0.6) is 0 Å². The molecule has 0 saturated heterocycles. The summed E-state index contributed by atoms with van der Waals surface area (Å²) in [5, 5.41) is 0. The van der Waals surface area contributed by atoms with Crippen LogP contribution in [0.25, 0.3) is 0 Å². The Balaban J connectivity index is 2.19. The first-order valence-corrected chi connectivity index (χ1v) is 6.49. The molecule has 1 aromatic carbocycles. The molecule has 2 rings (SSSR count). The molecule has 2 N–H and O–H groups in total. The average molecular weight is 250 g/mol. The third-order valence-corrected chi connectivity index (χ3v) is 3.25. The molecule has 1 aliphatic rings. The lowest BCUT2D eigenvalue weighted by molar-refractivity contribution is 0.0741. The molecular weight excluding hydrogens is 231 g/mol. The number of nitrogen functional groups attached to an aromatic ring is 1. The van der Waals surface area contributed by atoms with Gasteiger partial charge in [0.1, 0.15) is 5.82 Å². The quantitative estimate of drug-likeness (QED) is 0.817. The summed E-state index contributed by atoms with van der Waals surface area (Å²) in [5.74, 6) is -0.554. The average Bonchev–Trinajstić information content (AvgIpc) is 3.17. The number of carbonyl (C=O) groups excluding carboxylic acids is 1. The van der Waals surface area contributed by atoms with Crippen molar-refractivity contribution in [2.75, 3.05) is 12.3 Å². The van der Waals surface area contributed by atoms with Gasteiger partial charge in [0.15, 0.2) is 0 Å². The Morgan fingerprint density at radius 2 is 2.22 bits per heavy atom. The molecular formula is C14H19FN2O. The van der Waals surface area contributed by atoms with Crippen molar-refractivity contribution in [3.05, 3.63) is 29.6 Å². The van der Waals surface area contributed by atoms with E-state index in [-0.39, 0.29) is 11.5 Å². The number of benzene rings is 1. The van der Waals surface area contributed by atoms with Gasteiger partial charge in [0.2, 0.25) is 0 Å². The molecule has 4 heteroatoms. The fourth-order valence-electron chi connectivity index (χ4n) is 2.03. The molecule has 1 aromatic rings. The van der Waals surface area contributed by atoms with Gasteiger partial charge in [-0.15, -0.1) is 0 Å². The van der Waals surface area contributed by atoms with Gasteiger partial charge >= 0.3 is 0 Å². The van der Waals surface area contributed by atoms with Gasteiger partial charge in [-0.3, -0.25) is 4.79 Å². The molecule has 0 radical (unpaired) electrons. The predicted molar refractivity (Wildman–Crippen MR) is 69.8 cm³/mol. The number of hydrogen-bond acceptors (Lipinski definition) is 2. The molecule has 3 nitrogen and oxygen atoms in total. The van der Waals surface area contributed by atoms with E-state index in [9.17, 15) is 9.18 Å². The molecule has 1 fully saturated rings. The molecule has 98 valence electrons. The van der Waals surface area contributed by atoms with Crippen LogP contribution >= 0.6 is 0 Å². The van der Waals surface area contributed by atoms with E-state index in [1.54, 1.807) is 0 Å². The molecule has 0 aromatic heterocycles. The van der Waals surface area contributed by atoms with Crippen LogP contribution in [0.4, 0.5) is 10.1 Å². The molecule has 0 spiro atoms. The highest BCUT2D eigenvalue weighted by molar-refractivity contribution is 5.99. The van der Waals surface area contributed by atoms with Crippen LogP contribution < -0.4 is 5.73 Å². The largest absolute Gasteiger partial charge is 0.398 e. The fourth-order valence-corrected chi connectivity index (χ4v) is 2.03. The summed E-state index contributed by atoms with van der Waals surface area (Å²) in [5.41, 5.74) is 6.40. The van der Waals surface area contributed by atoms with Crippen LogP contribution in [0.2, 0.25) is 0 Å². The van der Waals surface area contributed by atoms with E-state index in [1.165, 1.54) is 18.2 Å². The van der Waals surface area contributed by atoms with Crippen LogP contribution in [-0.2, 0) is 0 Å². The molecule has 0 unspecified atom stereocenters. The van der Waals surface area contributed by atoms with E-state index in [1.807, 2.05) is 4.90 Å². The van der Waals surface area contributed by atoms with Crippen molar-refractivity contribution < 1.29 is 9.18 Å². The number of unbranched alkanes of at least 4 members (excludes halogenated alkanes) is 1. The first-order chi connectivity index (χ1) is 8.63. The Morgan fingerprint density at radius 1 is 1.50 bits per heavy atom. The Labute approximate surface area is 107 Å². The van der Waals surface area contributed by atoms with Crippen molar-refractivity contribution in [1.82, 2.24) is 4.90 Å². The number of carbonyl (C=O) groups is 1. The number of anilines is 1.